The first kappa shape index (κ1) is 25.2. The molecule has 1 N–H and O–H groups in total. The predicted molar refractivity (Wildman–Crippen MR) is 129 cm³/mol. The van der Waals surface area contributed by atoms with Crippen LogP contribution in [0, 0.1) is 6.92 Å². The van der Waals surface area contributed by atoms with Crippen molar-refractivity contribution in [1.29, 1.82) is 0 Å². The highest BCUT2D eigenvalue weighted by Crippen LogP contribution is 2.55. The monoisotopic (exact) mass is 646 g/mol. The maximum atomic E-state index is 13.7. The number of ether oxygens (including phenoxy) is 1. The third-order valence-corrected chi connectivity index (χ3v) is 9.51. The molecule has 0 saturated carbocycles. The molecule has 0 aliphatic carbocycles. The maximum Gasteiger partial charge on any atom is 0.419 e. The van der Waals surface area contributed by atoms with Crippen molar-refractivity contribution in [3.8, 4) is 0 Å². The van der Waals surface area contributed by atoms with E-state index in [0.717, 1.165) is 5.56 Å². The highest BCUT2D eigenvalue weighted by molar-refractivity contribution is 9.13. The molecule has 2 saturated heterocycles. The average Bonchev–Trinajstić information content (AvgIpc) is 3.39. The second-order valence-electron chi connectivity index (χ2n) is 8.55. The number of aliphatic hydroxyl groups is 1. The van der Waals surface area contributed by atoms with E-state index in [0.29, 0.717) is 19.0 Å². The fourth-order valence-electron chi connectivity index (χ4n) is 4.91. The van der Waals surface area contributed by atoms with Gasteiger partial charge in [0, 0.05) is 13.0 Å². The third-order valence-electron chi connectivity index (χ3n) is 6.37. The molecule has 1 aromatic heterocycles. The summed E-state index contributed by atoms with van der Waals surface area (Å²) < 4.78 is 39.2. The van der Waals surface area contributed by atoms with Gasteiger partial charge in [0.1, 0.15) is 10.3 Å². The number of carbonyl (C=O) groups excluding carboxylic acids is 3. The lowest BCUT2D eigenvalue weighted by Gasteiger charge is -2.46. The van der Waals surface area contributed by atoms with E-state index in [1.165, 1.54) is 27.7 Å². The van der Waals surface area contributed by atoms with Crippen LogP contribution in [-0.4, -0.2) is 75.9 Å². The van der Waals surface area contributed by atoms with Crippen LogP contribution < -0.4 is 0 Å². The Labute approximate surface area is 222 Å². The van der Waals surface area contributed by atoms with Crippen LogP contribution in [0.2, 0.25) is 0 Å². The van der Waals surface area contributed by atoms with Crippen molar-refractivity contribution >= 4 is 60.0 Å². The summed E-state index contributed by atoms with van der Waals surface area (Å²) in [6.45, 7) is 3.04. The first-order valence-electron chi connectivity index (χ1n) is 10.8. The molecule has 36 heavy (non-hydrogen) atoms. The van der Waals surface area contributed by atoms with Gasteiger partial charge in [-0.1, -0.05) is 17.7 Å². The van der Waals surface area contributed by atoms with Crippen LogP contribution >= 0.6 is 31.9 Å². The molecule has 0 unspecified atom stereocenters. The SMILES string of the molecule is CCOC(=O)N1C(=O)N(OS(=O)(=O)c2ccc(C)cc2)[C@]23C[C@H](O)CN2C(=O)c2cc(Br)c(Br)n2[C@H]13. The minimum absolute atomic E-state index is 0.0699. The summed E-state index contributed by atoms with van der Waals surface area (Å²) in [6.07, 6.45) is -3.80. The molecule has 2 aromatic rings. The van der Waals surface area contributed by atoms with Gasteiger partial charge in [0.2, 0.25) is 0 Å². The van der Waals surface area contributed by atoms with Crippen LogP contribution in [0.15, 0.2) is 44.3 Å². The van der Waals surface area contributed by atoms with Crippen molar-refractivity contribution in [2.45, 2.75) is 43.1 Å². The Kier molecular flexibility index (Phi) is 5.98. The van der Waals surface area contributed by atoms with Crippen molar-refractivity contribution < 1.29 is 36.9 Å². The molecule has 0 bridgehead atoms. The van der Waals surface area contributed by atoms with Gasteiger partial charge in [-0.05, 0) is 63.9 Å². The highest BCUT2D eigenvalue weighted by Gasteiger charge is 2.72. The number of aromatic nitrogens is 1. The number of imide groups is 1. The lowest BCUT2D eigenvalue weighted by molar-refractivity contribution is -0.145. The Morgan fingerprint density at radius 1 is 1.22 bits per heavy atom. The van der Waals surface area contributed by atoms with Crippen molar-refractivity contribution in [3.05, 3.63) is 50.7 Å². The lowest BCUT2D eigenvalue weighted by Crippen LogP contribution is -2.63. The van der Waals surface area contributed by atoms with Gasteiger partial charge in [-0.2, -0.15) is 13.5 Å². The highest BCUT2D eigenvalue weighted by atomic mass is 79.9. The van der Waals surface area contributed by atoms with Crippen LogP contribution in [0.4, 0.5) is 9.59 Å². The minimum atomic E-state index is -4.59. The third kappa shape index (κ3) is 3.44. The fraction of sp³-hybridized carbons (Fsp3) is 0.381. The minimum Gasteiger partial charge on any atom is -0.449 e. The predicted octanol–water partition coefficient (Wildman–Crippen LogP) is 2.95. The first-order valence-corrected chi connectivity index (χ1v) is 13.8. The Balaban J connectivity index is 1.72. The number of rotatable bonds is 4. The van der Waals surface area contributed by atoms with Gasteiger partial charge in [0.25, 0.3) is 5.91 Å². The van der Waals surface area contributed by atoms with Crippen LogP contribution in [0.1, 0.15) is 35.6 Å². The number of urea groups is 1. The number of hydroxylamine groups is 2. The van der Waals surface area contributed by atoms with Gasteiger partial charge in [-0.3, -0.25) is 4.79 Å². The summed E-state index contributed by atoms with van der Waals surface area (Å²) in [5.41, 5.74) is -0.975. The van der Waals surface area contributed by atoms with E-state index in [4.69, 9.17) is 9.02 Å². The summed E-state index contributed by atoms with van der Waals surface area (Å²) in [7, 11) is -4.59. The van der Waals surface area contributed by atoms with Gasteiger partial charge in [0.05, 0.1) is 22.1 Å². The standard InChI is InChI=1S/C21H20Br2N4O8S/c1-3-34-20(31)26-18-21(27(19(26)30)35-36(32,33)13-6-4-11(2)5-7-13)9-12(28)10-24(21)17(29)15-8-14(22)16(23)25(15)18/h4-8,12,18,28H,3,9-10H2,1-2H3/t12-,18+,21-/m0/s1. The molecule has 192 valence electrons. The number of hydrogen-bond donors (Lipinski definition) is 1. The number of benzene rings is 1. The summed E-state index contributed by atoms with van der Waals surface area (Å²) in [5, 5.41) is 11.1. The summed E-state index contributed by atoms with van der Waals surface area (Å²) in [5.74, 6) is -0.589. The largest absolute Gasteiger partial charge is 0.449 e. The molecule has 12 nitrogen and oxygen atoms in total. The molecule has 3 aliphatic rings. The molecule has 0 radical (unpaired) electrons. The molecule has 1 spiro atoms. The van der Waals surface area contributed by atoms with E-state index >= 15 is 0 Å². The van der Waals surface area contributed by atoms with E-state index in [2.05, 4.69) is 31.9 Å². The van der Waals surface area contributed by atoms with E-state index in [-0.39, 0.29) is 30.2 Å². The molecular weight excluding hydrogens is 628 g/mol. The molecule has 4 heterocycles. The van der Waals surface area contributed by atoms with E-state index < -0.39 is 46.1 Å². The molecular formula is C21H20Br2N4O8S. The number of aliphatic hydroxyl groups excluding tert-OH is 1. The second kappa shape index (κ2) is 8.55. The Morgan fingerprint density at radius 3 is 2.53 bits per heavy atom. The molecule has 3 atom stereocenters. The topological polar surface area (TPSA) is 139 Å². The van der Waals surface area contributed by atoms with Crippen molar-refractivity contribution in [1.82, 2.24) is 19.4 Å². The van der Waals surface area contributed by atoms with Crippen LogP contribution in [-0.2, 0) is 19.1 Å². The number of carbonyl (C=O) groups is 3. The zero-order valence-corrected chi connectivity index (χ0v) is 22.9. The summed E-state index contributed by atoms with van der Waals surface area (Å²) >= 11 is 6.73. The summed E-state index contributed by atoms with van der Waals surface area (Å²) in [6, 6.07) is 6.09. The average molecular weight is 648 g/mol. The number of hydrogen-bond acceptors (Lipinski definition) is 8. The van der Waals surface area contributed by atoms with Gasteiger partial charge in [0.15, 0.2) is 11.8 Å². The zero-order chi connectivity index (χ0) is 26.2. The van der Waals surface area contributed by atoms with E-state index in [1.54, 1.807) is 26.0 Å². The fourth-order valence-corrected chi connectivity index (χ4v) is 6.77. The van der Waals surface area contributed by atoms with Gasteiger partial charge in [-0.15, -0.1) is 4.28 Å². The van der Waals surface area contributed by atoms with Crippen LogP contribution in [0.5, 0.6) is 0 Å². The Bertz CT molecular complexity index is 1400. The van der Waals surface area contributed by atoms with E-state index in [9.17, 15) is 27.9 Å². The maximum absolute atomic E-state index is 13.7. The number of nitrogens with zero attached hydrogens (tertiary/aromatic N) is 4. The van der Waals surface area contributed by atoms with Crippen LogP contribution in [0.3, 0.4) is 0 Å². The first-order chi connectivity index (χ1) is 16.9. The van der Waals surface area contributed by atoms with Crippen molar-refractivity contribution in [3.63, 3.8) is 0 Å². The molecule has 1 aromatic carbocycles. The molecule has 2 fully saturated rings. The lowest BCUT2D eigenvalue weighted by atomic mass is 10.00. The smallest absolute Gasteiger partial charge is 0.419 e. The molecule has 4 amide bonds. The number of aryl methyl sites for hydroxylation is 1. The second-order valence-corrected chi connectivity index (χ2v) is 11.7. The number of halogens is 2. The normalized spacial score (nSPS) is 25.2. The quantitative estimate of drug-likeness (QED) is 0.535. The number of amides is 4. The van der Waals surface area contributed by atoms with Crippen molar-refractivity contribution in [2.75, 3.05) is 13.2 Å². The summed E-state index contributed by atoms with van der Waals surface area (Å²) in [4.78, 5) is 42.0. The molecule has 15 heteroatoms. The Hall–Kier alpha value is -2.46. The molecule has 3 aliphatic heterocycles. The van der Waals surface area contributed by atoms with Gasteiger partial charge < -0.3 is 19.3 Å². The van der Waals surface area contributed by atoms with Crippen LogP contribution in [0.25, 0.3) is 0 Å². The van der Waals surface area contributed by atoms with Crippen molar-refractivity contribution in [2.24, 2.45) is 0 Å². The van der Waals surface area contributed by atoms with E-state index in [1.807, 2.05) is 0 Å². The van der Waals surface area contributed by atoms with Gasteiger partial charge in [-0.25, -0.2) is 14.5 Å². The Morgan fingerprint density at radius 2 is 1.89 bits per heavy atom. The molecule has 5 rings (SSSR count). The number of fused-ring (bicyclic) bond motifs is 2. The van der Waals surface area contributed by atoms with Gasteiger partial charge >= 0.3 is 22.2 Å². The zero-order valence-electron chi connectivity index (χ0n) is 18.9.